The third-order valence-electron chi connectivity index (χ3n) is 7.96. The molecule has 0 saturated carbocycles. The summed E-state index contributed by atoms with van der Waals surface area (Å²) in [5.74, 6) is 0.201. The quantitative estimate of drug-likeness (QED) is 0.436. The van der Waals surface area contributed by atoms with Crippen LogP contribution in [0, 0.1) is 5.92 Å². The molecule has 3 aliphatic rings. The van der Waals surface area contributed by atoms with E-state index in [4.69, 9.17) is 9.47 Å². The van der Waals surface area contributed by atoms with Crippen LogP contribution < -0.4 is 4.74 Å². The molecule has 1 aromatic carbocycles. The lowest BCUT2D eigenvalue weighted by atomic mass is 9.83. The van der Waals surface area contributed by atoms with Crippen molar-refractivity contribution in [2.24, 2.45) is 5.92 Å². The Bertz CT molecular complexity index is 976. The van der Waals surface area contributed by atoms with Gasteiger partial charge in [-0.25, -0.2) is 0 Å². The van der Waals surface area contributed by atoms with Crippen LogP contribution in [0.5, 0.6) is 11.5 Å². The van der Waals surface area contributed by atoms with Gasteiger partial charge >= 0.3 is 5.97 Å². The minimum Gasteiger partial charge on any atom is -0.507 e. The molecule has 3 aliphatic heterocycles. The van der Waals surface area contributed by atoms with Crippen LogP contribution in [0.1, 0.15) is 89.8 Å². The number of benzene rings is 1. The number of nitrogens with zero attached hydrogens (tertiary/aromatic N) is 2. The second-order valence-electron chi connectivity index (χ2n) is 11.0. The van der Waals surface area contributed by atoms with Gasteiger partial charge in [0.1, 0.15) is 17.1 Å². The van der Waals surface area contributed by atoms with Gasteiger partial charge in [-0.05, 0) is 83.7 Å². The van der Waals surface area contributed by atoms with Crippen molar-refractivity contribution in [1.29, 1.82) is 0 Å². The van der Waals surface area contributed by atoms with Gasteiger partial charge in [0.2, 0.25) is 5.91 Å². The zero-order valence-corrected chi connectivity index (χ0v) is 22.3. The molecule has 0 aromatic heterocycles. The first-order valence-corrected chi connectivity index (χ1v) is 13.7. The molecule has 0 bridgehead atoms. The number of carbonyl (C=O) groups excluding carboxylic acids is 2. The largest absolute Gasteiger partial charge is 0.507 e. The van der Waals surface area contributed by atoms with Crippen molar-refractivity contribution in [2.75, 3.05) is 26.2 Å². The number of esters is 1. The van der Waals surface area contributed by atoms with Crippen LogP contribution in [-0.2, 0) is 14.3 Å². The number of hydrogen-bond acceptors (Lipinski definition) is 6. The summed E-state index contributed by atoms with van der Waals surface area (Å²) in [5.41, 5.74) is 0.439. The fourth-order valence-corrected chi connectivity index (χ4v) is 5.55. The number of hydrogen-bond donors (Lipinski definition) is 1. The van der Waals surface area contributed by atoms with E-state index in [9.17, 15) is 14.7 Å². The van der Waals surface area contributed by atoms with E-state index in [1.165, 1.54) is 6.42 Å². The van der Waals surface area contributed by atoms with Gasteiger partial charge in [0.05, 0.1) is 17.5 Å². The smallest absolute Gasteiger partial charge is 0.309 e. The van der Waals surface area contributed by atoms with Gasteiger partial charge in [0, 0.05) is 24.7 Å². The maximum absolute atomic E-state index is 12.9. The third-order valence-corrected chi connectivity index (χ3v) is 7.96. The summed E-state index contributed by atoms with van der Waals surface area (Å²) in [6.45, 7) is 11.0. The molecule has 0 radical (unpaired) electrons. The van der Waals surface area contributed by atoms with Crippen LogP contribution in [0.25, 0.3) is 6.08 Å². The molecule has 1 amide bonds. The second-order valence-corrected chi connectivity index (χ2v) is 11.0. The molecule has 0 spiro atoms. The maximum Gasteiger partial charge on any atom is 0.309 e. The Labute approximate surface area is 215 Å². The highest BCUT2D eigenvalue weighted by atomic mass is 16.6. The average Bonchev–Trinajstić information content (AvgIpc) is 2.89. The molecule has 7 nitrogen and oxygen atoms in total. The van der Waals surface area contributed by atoms with Gasteiger partial charge in [-0.15, -0.1) is 0 Å². The Kier molecular flexibility index (Phi) is 8.28. The van der Waals surface area contributed by atoms with Crippen LogP contribution in [0.15, 0.2) is 18.2 Å². The predicted molar refractivity (Wildman–Crippen MR) is 140 cm³/mol. The Morgan fingerprint density at radius 2 is 1.75 bits per heavy atom. The lowest BCUT2D eigenvalue weighted by Gasteiger charge is -2.49. The van der Waals surface area contributed by atoms with Crippen molar-refractivity contribution >= 4 is 18.0 Å². The SMILES string of the molecule is CC[C@H](C)C(=O)O[C@H]1[C@@H](N2CCCCC2)c2c(ccc(/C=C/C(=O)N3CCCCC3)c2O)OC1(C)C. The number of carbonyl (C=O) groups is 2. The van der Waals surface area contributed by atoms with E-state index in [2.05, 4.69) is 4.90 Å². The highest BCUT2D eigenvalue weighted by Gasteiger charge is 2.50. The van der Waals surface area contributed by atoms with Crippen LogP contribution >= 0.6 is 0 Å². The van der Waals surface area contributed by atoms with Gasteiger partial charge in [-0.2, -0.15) is 0 Å². The fourth-order valence-electron chi connectivity index (χ4n) is 5.55. The molecule has 0 aliphatic carbocycles. The first-order valence-electron chi connectivity index (χ1n) is 13.7. The van der Waals surface area contributed by atoms with E-state index in [1.54, 1.807) is 18.2 Å². The van der Waals surface area contributed by atoms with E-state index in [-0.39, 0.29) is 29.6 Å². The molecule has 4 rings (SSSR count). The van der Waals surface area contributed by atoms with Crippen LogP contribution in [0.3, 0.4) is 0 Å². The van der Waals surface area contributed by atoms with Crippen LogP contribution in [0.4, 0.5) is 0 Å². The lowest BCUT2D eigenvalue weighted by molar-refractivity contribution is -0.176. The topological polar surface area (TPSA) is 79.3 Å². The summed E-state index contributed by atoms with van der Waals surface area (Å²) in [6, 6.07) is 3.33. The first kappa shape index (κ1) is 26.5. The zero-order chi connectivity index (χ0) is 25.9. The number of aromatic hydroxyl groups is 1. The van der Waals surface area contributed by atoms with Crippen molar-refractivity contribution < 1.29 is 24.2 Å². The standard InChI is InChI=1S/C29H42N2O5/c1-5-20(2)28(34)35-27-25(31-18-10-7-11-19-31)24-22(36-29(27,3)4)14-12-21(26(24)33)13-15-23(32)30-16-8-6-9-17-30/h12-15,20,25,27,33H,5-11,16-19H2,1-4H3/b15-13+/t20-,25-,27-/m0/s1. The van der Waals surface area contributed by atoms with Crippen molar-refractivity contribution in [3.63, 3.8) is 0 Å². The summed E-state index contributed by atoms with van der Waals surface area (Å²) in [6.07, 6.45) is 9.88. The highest BCUT2D eigenvalue weighted by molar-refractivity contribution is 5.92. The molecular weight excluding hydrogens is 456 g/mol. The minimum atomic E-state index is -0.772. The normalized spacial score (nSPS) is 25.2. The van der Waals surface area contributed by atoms with E-state index in [0.717, 1.165) is 58.3 Å². The number of likely N-dealkylation sites (tertiary alicyclic amines) is 2. The van der Waals surface area contributed by atoms with Gasteiger partial charge in [0.15, 0.2) is 6.10 Å². The van der Waals surface area contributed by atoms with Gasteiger partial charge < -0.3 is 19.5 Å². The van der Waals surface area contributed by atoms with Gasteiger partial charge in [-0.1, -0.05) is 20.3 Å². The second kappa shape index (κ2) is 11.2. The summed E-state index contributed by atoms with van der Waals surface area (Å²) < 4.78 is 12.5. The lowest BCUT2D eigenvalue weighted by Crippen LogP contribution is -2.56. The molecule has 2 saturated heterocycles. The van der Waals surface area contributed by atoms with Crippen LogP contribution in [-0.4, -0.2) is 64.7 Å². The maximum atomic E-state index is 12.9. The monoisotopic (exact) mass is 498 g/mol. The van der Waals surface area contributed by atoms with Crippen molar-refractivity contribution in [3.8, 4) is 11.5 Å². The number of amides is 1. The number of fused-ring (bicyclic) bond motifs is 1. The Morgan fingerprint density at radius 1 is 1.11 bits per heavy atom. The Balaban J connectivity index is 1.70. The molecule has 1 N–H and O–H groups in total. The predicted octanol–water partition coefficient (Wildman–Crippen LogP) is 5.07. The van der Waals surface area contributed by atoms with E-state index < -0.39 is 11.7 Å². The summed E-state index contributed by atoms with van der Waals surface area (Å²) in [4.78, 5) is 29.8. The van der Waals surface area contributed by atoms with E-state index in [1.807, 2.05) is 38.7 Å². The number of rotatable bonds is 6. The summed E-state index contributed by atoms with van der Waals surface area (Å²) in [7, 11) is 0. The van der Waals surface area contributed by atoms with E-state index >= 15 is 0 Å². The van der Waals surface area contributed by atoms with E-state index in [0.29, 0.717) is 23.3 Å². The number of ether oxygens (including phenoxy) is 2. The molecule has 198 valence electrons. The van der Waals surface area contributed by atoms with Crippen molar-refractivity contribution in [1.82, 2.24) is 9.80 Å². The summed E-state index contributed by atoms with van der Waals surface area (Å²) in [5, 5.41) is 11.5. The average molecular weight is 499 g/mol. The molecule has 0 unspecified atom stereocenters. The van der Waals surface area contributed by atoms with Gasteiger partial charge in [0.25, 0.3) is 0 Å². The molecule has 3 heterocycles. The molecule has 1 aromatic rings. The number of phenols is 1. The molecule has 7 heteroatoms. The summed E-state index contributed by atoms with van der Waals surface area (Å²) >= 11 is 0. The third kappa shape index (κ3) is 5.56. The molecule has 36 heavy (non-hydrogen) atoms. The zero-order valence-electron chi connectivity index (χ0n) is 22.3. The van der Waals surface area contributed by atoms with Crippen molar-refractivity contribution in [2.45, 2.75) is 90.4 Å². The fraction of sp³-hybridized carbons (Fsp3) is 0.655. The highest BCUT2D eigenvalue weighted by Crippen LogP contribution is 2.50. The molecule has 2 fully saturated rings. The van der Waals surface area contributed by atoms with Crippen molar-refractivity contribution in [3.05, 3.63) is 29.3 Å². The first-order chi connectivity index (χ1) is 17.2. The molecule has 3 atom stereocenters. The van der Waals surface area contributed by atoms with Crippen LogP contribution in [0.2, 0.25) is 0 Å². The minimum absolute atomic E-state index is 0.0304. The van der Waals surface area contributed by atoms with Gasteiger partial charge in [-0.3, -0.25) is 14.5 Å². The molecular formula is C29H42N2O5. The Morgan fingerprint density at radius 3 is 2.39 bits per heavy atom. The number of piperidine rings is 2. The Hall–Kier alpha value is -2.54. The number of phenolic OH excluding ortho intramolecular Hbond substituents is 1.